The molecule has 0 rings (SSSR count). The van der Waals surface area contributed by atoms with Gasteiger partial charge in [-0.15, -0.1) is 0 Å². The van der Waals surface area contributed by atoms with Crippen molar-refractivity contribution in [2.75, 3.05) is 0 Å². The molecule has 0 atom stereocenters. The molecule has 0 unspecified atom stereocenters. The van der Waals surface area contributed by atoms with Crippen molar-refractivity contribution in [3.8, 4) is 0 Å². The Morgan fingerprint density at radius 3 is 1.67 bits per heavy atom. The van der Waals surface area contributed by atoms with E-state index in [0.717, 1.165) is 0 Å². The Kier molecular flexibility index (Phi) is 2.35. The van der Waals surface area contributed by atoms with Gasteiger partial charge in [-0.25, -0.2) is 0 Å². The third-order valence-electron chi connectivity index (χ3n) is 0.191. The van der Waals surface area contributed by atoms with Crippen molar-refractivity contribution >= 4 is 4.27 Å². The summed E-state index contributed by atoms with van der Waals surface area (Å²) >= 11 is -3.55. The Morgan fingerprint density at radius 1 is 1.50 bits per heavy atom. The molecule has 0 fully saturated rings. The van der Waals surface area contributed by atoms with Gasteiger partial charge in [0.15, 0.2) is 0 Å². The maximum atomic E-state index is 9.27. The first-order valence-electron chi connectivity index (χ1n) is 1.12. The number of hydrogen-bond donors (Lipinski definition) is 3. The van der Waals surface area contributed by atoms with Crippen LogP contribution in [0.25, 0.3) is 0 Å². The Labute approximate surface area is 40.8 Å². The van der Waals surface area contributed by atoms with Crippen LogP contribution in [0.5, 0.6) is 0 Å². The molecule has 0 spiro atoms. The van der Waals surface area contributed by atoms with Crippen LogP contribution in [0.1, 0.15) is 0 Å². The molecule has 5 heteroatoms. The number of hydrogen-bond acceptors (Lipinski definition) is 3. The van der Waals surface area contributed by atoms with Crippen LogP contribution in [-0.2, 0) is 18.6 Å². The molecule has 4 nitrogen and oxygen atoms in total. The van der Waals surface area contributed by atoms with E-state index in [2.05, 4.69) is 0 Å². The van der Waals surface area contributed by atoms with Gasteiger partial charge < -0.3 is 0 Å². The van der Waals surface area contributed by atoms with Crippen molar-refractivity contribution in [3.63, 3.8) is 0 Å². The summed E-state index contributed by atoms with van der Waals surface area (Å²) in [5, 5.41) is 7.56. The van der Waals surface area contributed by atoms with Crippen molar-refractivity contribution in [2.24, 2.45) is 0 Å². The molecule has 0 radical (unpaired) electrons. The summed E-state index contributed by atoms with van der Waals surface area (Å²) in [4.78, 5) is 9.27. The Hall–Kier alpha value is 0.104. The van der Waals surface area contributed by atoms with Crippen molar-refractivity contribution in [2.45, 2.75) is 0 Å². The van der Waals surface area contributed by atoms with E-state index in [4.69, 9.17) is 12.5 Å². The van der Waals surface area contributed by atoms with Gasteiger partial charge in [0, 0.05) is 0 Å². The second kappa shape index (κ2) is 2.31. The fraction of sp³-hybridized carbons (Fsp3) is 0. The predicted octanol–water partition coefficient (Wildman–Crippen LogP) is -0.903. The van der Waals surface area contributed by atoms with Gasteiger partial charge in [-0.2, -0.15) is 0 Å². The fourth-order valence-electron chi connectivity index (χ4n) is 0. The van der Waals surface area contributed by atoms with Gasteiger partial charge in [-0.05, 0) is 0 Å². The average molecular weight is 127 g/mol. The van der Waals surface area contributed by atoms with E-state index < -0.39 is 22.9 Å². The SMILES string of the molecule is O=[C](O)[Ti]([OH])[OH]. The second-order valence-corrected chi connectivity index (χ2v) is 2.31. The Bertz CT molecular complexity index is 58.6. The normalized spacial score (nSPS) is 7.67. The number of carboxylic acid groups (broad SMARTS) is 1. The minimum atomic E-state index is -3.55. The zero-order chi connectivity index (χ0) is 5.15. The van der Waals surface area contributed by atoms with Crippen molar-refractivity contribution in [3.05, 3.63) is 0 Å². The molecule has 0 amide bonds. The molecule has 0 bridgehead atoms. The third-order valence-corrected chi connectivity index (χ3v) is 0.789. The minimum absolute atomic E-state index is 1.46. The molecule has 3 N–H and O–H groups in total. The van der Waals surface area contributed by atoms with Gasteiger partial charge in [0.2, 0.25) is 0 Å². The zero-order valence-corrected chi connectivity index (χ0v) is 4.31. The van der Waals surface area contributed by atoms with Crippen molar-refractivity contribution in [1.82, 2.24) is 0 Å². The van der Waals surface area contributed by atoms with Crippen LogP contribution >= 0.6 is 0 Å². The summed E-state index contributed by atoms with van der Waals surface area (Å²) in [7, 11) is 0. The van der Waals surface area contributed by atoms with Crippen LogP contribution in [0, 0.1) is 0 Å². The third kappa shape index (κ3) is 2.35. The van der Waals surface area contributed by atoms with E-state index in [1.165, 1.54) is 0 Å². The van der Waals surface area contributed by atoms with E-state index in [1.807, 2.05) is 0 Å². The number of carbonyl (C=O) groups is 1. The predicted molar refractivity (Wildman–Crippen MR) is 12.5 cm³/mol. The summed E-state index contributed by atoms with van der Waals surface area (Å²) < 4.78 is 14.0. The summed E-state index contributed by atoms with van der Waals surface area (Å²) in [6, 6.07) is 0. The molecule has 0 saturated heterocycles. The van der Waals surface area contributed by atoms with Gasteiger partial charge in [0.1, 0.15) is 0 Å². The number of rotatable bonds is 1. The Balaban J connectivity index is 3.26. The Morgan fingerprint density at radius 2 is 1.67 bits per heavy atom. The van der Waals surface area contributed by atoms with E-state index >= 15 is 0 Å². The fourth-order valence-corrected chi connectivity index (χ4v) is 0. The van der Waals surface area contributed by atoms with Crippen LogP contribution < -0.4 is 0 Å². The molecule has 0 aliphatic heterocycles. The first-order chi connectivity index (χ1) is 2.64. The zero-order valence-electron chi connectivity index (χ0n) is 2.75. The quantitative estimate of drug-likeness (QED) is 0.398. The van der Waals surface area contributed by atoms with Crippen LogP contribution in [0.15, 0.2) is 0 Å². The summed E-state index contributed by atoms with van der Waals surface area (Å²) in [6.07, 6.45) is 0. The maximum absolute atomic E-state index is 9.27. The first kappa shape index (κ1) is 6.10. The molecule has 35 valence electrons. The standard InChI is InChI=1S/CHO2.2H2O.Ti/c2-1-3;;;/h(H,2,3);2*1H2;/q;;;+2/p-2. The van der Waals surface area contributed by atoms with Gasteiger partial charge in [-0.1, -0.05) is 0 Å². The summed E-state index contributed by atoms with van der Waals surface area (Å²) in [5.41, 5.74) is 0. The summed E-state index contributed by atoms with van der Waals surface area (Å²) in [6.45, 7) is 0. The van der Waals surface area contributed by atoms with E-state index in [1.54, 1.807) is 0 Å². The monoisotopic (exact) mass is 127 g/mol. The molecule has 0 saturated carbocycles. The van der Waals surface area contributed by atoms with Crippen molar-refractivity contribution < 1.29 is 35.9 Å². The van der Waals surface area contributed by atoms with Crippen LogP contribution in [0.2, 0.25) is 0 Å². The van der Waals surface area contributed by atoms with Crippen LogP contribution in [0.4, 0.5) is 4.79 Å². The van der Waals surface area contributed by atoms with E-state index in [-0.39, 0.29) is 0 Å². The second-order valence-electron chi connectivity index (χ2n) is 0.629. The van der Waals surface area contributed by atoms with E-state index in [0.29, 0.717) is 0 Å². The molecule has 0 heterocycles. The molecule has 0 aliphatic carbocycles. The van der Waals surface area contributed by atoms with Gasteiger partial charge >= 0.3 is 40.2 Å². The molecule has 0 aromatic carbocycles. The molecular weight excluding hydrogens is 124 g/mol. The van der Waals surface area contributed by atoms with Gasteiger partial charge in [-0.3, -0.25) is 0 Å². The molecule has 0 aromatic rings. The average Bonchev–Trinajstić information content (AvgIpc) is 1.36. The van der Waals surface area contributed by atoms with Crippen molar-refractivity contribution in [1.29, 1.82) is 0 Å². The van der Waals surface area contributed by atoms with Gasteiger partial charge in [0.05, 0.1) is 0 Å². The molecular formula is CH3O4Ti. The molecule has 0 aliphatic rings. The van der Waals surface area contributed by atoms with Crippen LogP contribution in [-0.4, -0.2) is 16.8 Å². The molecule has 0 aromatic heterocycles. The summed E-state index contributed by atoms with van der Waals surface area (Å²) in [5.74, 6) is 0. The van der Waals surface area contributed by atoms with Crippen LogP contribution in [0.3, 0.4) is 0 Å². The van der Waals surface area contributed by atoms with Gasteiger partial charge in [0.25, 0.3) is 0 Å². The topological polar surface area (TPSA) is 77.8 Å². The van der Waals surface area contributed by atoms with E-state index in [9.17, 15) is 4.79 Å². The molecule has 6 heavy (non-hydrogen) atoms. The first-order valence-corrected chi connectivity index (χ1v) is 3.30.